The van der Waals surface area contributed by atoms with Crippen LogP contribution in [0, 0.1) is 0 Å². The minimum atomic E-state index is 0.646. The van der Waals surface area contributed by atoms with Crippen molar-refractivity contribution in [3.8, 4) is 0 Å². The first-order chi connectivity index (χ1) is 8.33. The molecule has 3 rings (SSSR count). The maximum absolute atomic E-state index is 6.26. The highest BCUT2D eigenvalue weighted by Crippen LogP contribution is 2.29. The van der Waals surface area contributed by atoms with Crippen molar-refractivity contribution in [2.75, 3.05) is 18.0 Å². The average molecular weight is 251 g/mol. The van der Waals surface area contributed by atoms with E-state index in [1.165, 1.54) is 31.4 Å². The zero-order valence-electron chi connectivity index (χ0n) is 10.0. The Labute approximate surface area is 108 Å². The molecule has 92 valence electrons. The summed E-state index contributed by atoms with van der Waals surface area (Å²) in [5.41, 5.74) is 1.19. The summed E-state index contributed by atoms with van der Waals surface area (Å²) in [5, 5.41) is 4.60. The van der Waals surface area contributed by atoms with Crippen molar-refractivity contribution in [2.45, 2.75) is 37.8 Å². The van der Waals surface area contributed by atoms with Gasteiger partial charge in [0.1, 0.15) is 0 Å². The highest BCUT2D eigenvalue weighted by Gasteiger charge is 2.28. The van der Waals surface area contributed by atoms with Gasteiger partial charge in [0.05, 0.1) is 10.7 Å². The van der Waals surface area contributed by atoms with Crippen LogP contribution in [0.25, 0.3) is 0 Å². The normalized spacial score (nSPS) is 25.0. The van der Waals surface area contributed by atoms with Crippen LogP contribution < -0.4 is 10.2 Å². The third kappa shape index (κ3) is 2.75. The minimum Gasteiger partial charge on any atom is -0.369 e. The SMILES string of the molecule is Clc1ccccc1N1CCCC(NC2CC2)C1. The Kier molecular flexibility index (Phi) is 3.26. The summed E-state index contributed by atoms with van der Waals surface area (Å²) in [6.45, 7) is 2.23. The number of nitrogens with zero attached hydrogens (tertiary/aromatic N) is 1. The third-order valence-electron chi connectivity index (χ3n) is 3.66. The van der Waals surface area contributed by atoms with Crippen LogP contribution in [0.4, 0.5) is 5.69 Å². The fraction of sp³-hybridized carbons (Fsp3) is 0.571. The zero-order chi connectivity index (χ0) is 11.7. The highest BCUT2D eigenvalue weighted by atomic mass is 35.5. The lowest BCUT2D eigenvalue weighted by atomic mass is 10.0. The maximum atomic E-state index is 6.26. The van der Waals surface area contributed by atoms with Gasteiger partial charge in [0.2, 0.25) is 0 Å². The Morgan fingerprint density at radius 3 is 2.71 bits per heavy atom. The molecule has 2 fully saturated rings. The number of rotatable bonds is 3. The van der Waals surface area contributed by atoms with Crippen molar-refractivity contribution in [1.82, 2.24) is 5.32 Å². The molecule has 1 aliphatic heterocycles. The molecular weight excluding hydrogens is 232 g/mol. The predicted octanol–water partition coefficient (Wildman–Crippen LogP) is 3.06. The smallest absolute Gasteiger partial charge is 0.0639 e. The summed E-state index contributed by atoms with van der Waals surface area (Å²) in [6.07, 6.45) is 5.29. The largest absolute Gasteiger partial charge is 0.369 e. The van der Waals surface area contributed by atoms with Crippen molar-refractivity contribution in [3.63, 3.8) is 0 Å². The van der Waals surface area contributed by atoms with E-state index in [0.717, 1.165) is 24.2 Å². The Hall–Kier alpha value is -0.730. The first-order valence-electron chi connectivity index (χ1n) is 6.58. The number of piperidine rings is 1. The van der Waals surface area contributed by atoms with E-state index < -0.39 is 0 Å². The second kappa shape index (κ2) is 4.87. The number of halogens is 1. The van der Waals surface area contributed by atoms with Gasteiger partial charge in [-0.2, -0.15) is 0 Å². The summed E-state index contributed by atoms with van der Waals surface area (Å²) in [4.78, 5) is 2.42. The van der Waals surface area contributed by atoms with Crippen LogP contribution in [0.15, 0.2) is 24.3 Å². The predicted molar refractivity (Wildman–Crippen MR) is 72.8 cm³/mol. The Balaban J connectivity index is 1.68. The Morgan fingerprint density at radius 1 is 1.12 bits per heavy atom. The van der Waals surface area contributed by atoms with E-state index in [4.69, 9.17) is 11.6 Å². The van der Waals surface area contributed by atoms with E-state index >= 15 is 0 Å². The van der Waals surface area contributed by atoms with E-state index in [1.54, 1.807) is 0 Å². The molecule has 1 atom stereocenters. The number of hydrogen-bond donors (Lipinski definition) is 1. The lowest BCUT2D eigenvalue weighted by molar-refractivity contribution is 0.420. The molecule has 1 saturated carbocycles. The first-order valence-corrected chi connectivity index (χ1v) is 6.96. The summed E-state index contributed by atoms with van der Waals surface area (Å²) >= 11 is 6.26. The summed E-state index contributed by atoms with van der Waals surface area (Å²) in [7, 11) is 0. The fourth-order valence-corrected chi connectivity index (χ4v) is 2.88. The molecule has 1 N–H and O–H groups in total. The van der Waals surface area contributed by atoms with Crippen molar-refractivity contribution >= 4 is 17.3 Å². The van der Waals surface area contributed by atoms with Crippen LogP contribution in [-0.2, 0) is 0 Å². The van der Waals surface area contributed by atoms with Crippen molar-refractivity contribution < 1.29 is 0 Å². The third-order valence-corrected chi connectivity index (χ3v) is 3.98. The molecule has 2 aliphatic rings. The van der Waals surface area contributed by atoms with Gasteiger partial charge in [-0.25, -0.2) is 0 Å². The molecule has 1 unspecified atom stereocenters. The van der Waals surface area contributed by atoms with E-state index in [0.29, 0.717) is 6.04 Å². The van der Waals surface area contributed by atoms with Crippen molar-refractivity contribution in [3.05, 3.63) is 29.3 Å². The van der Waals surface area contributed by atoms with E-state index in [-0.39, 0.29) is 0 Å². The molecule has 1 aromatic rings. The van der Waals surface area contributed by atoms with Crippen LogP contribution in [0.5, 0.6) is 0 Å². The van der Waals surface area contributed by atoms with Gasteiger partial charge in [-0.3, -0.25) is 0 Å². The van der Waals surface area contributed by atoms with E-state index in [2.05, 4.69) is 22.3 Å². The Morgan fingerprint density at radius 2 is 1.94 bits per heavy atom. The summed E-state index contributed by atoms with van der Waals surface area (Å²) < 4.78 is 0. The maximum Gasteiger partial charge on any atom is 0.0639 e. The van der Waals surface area contributed by atoms with Gasteiger partial charge in [-0.15, -0.1) is 0 Å². The topological polar surface area (TPSA) is 15.3 Å². The number of para-hydroxylation sites is 1. The molecular formula is C14H19ClN2. The molecule has 0 spiro atoms. The van der Waals surface area contributed by atoms with Gasteiger partial charge in [0, 0.05) is 25.2 Å². The van der Waals surface area contributed by atoms with Gasteiger partial charge < -0.3 is 10.2 Å². The second-order valence-corrected chi connectivity index (χ2v) is 5.58. The van der Waals surface area contributed by atoms with Gasteiger partial charge in [0.25, 0.3) is 0 Å². The Bertz CT molecular complexity index is 390. The lowest BCUT2D eigenvalue weighted by Crippen LogP contribution is -2.46. The van der Waals surface area contributed by atoms with Gasteiger partial charge in [-0.05, 0) is 37.8 Å². The zero-order valence-corrected chi connectivity index (χ0v) is 10.8. The molecule has 0 aromatic heterocycles. The molecule has 0 radical (unpaired) electrons. The standard InChI is InChI=1S/C14H19ClN2/c15-13-5-1-2-6-14(13)17-9-3-4-12(10-17)16-11-7-8-11/h1-2,5-6,11-12,16H,3-4,7-10H2. The molecule has 17 heavy (non-hydrogen) atoms. The molecule has 1 heterocycles. The van der Waals surface area contributed by atoms with Crippen LogP contribution in [-0.4, -0.2) is 25.2 Å². The van der Waals surface area contributed by atoms with Crippen LogP contribution >= 0.6 is 11.6 Å². The number of nitrogens with one attached hydrogen (secondary N) is 1. The lowest BCUT2D eigenvalue weighted by Gasteiger charge is -2.35. The van der Waals surface area contributed by atoms with Crippen LogP contribution in [0.3, 0.4) is 0 Å². The molecule has 3 heteroatoms. The second-order valence-electron chi connectivity index (χ2n) is 5.18. The minimum absolute atomic E-state index is 0.646. The molecule has 1 aromatic carbocycles. The number of anilines is 1. The van der Waals surface area contributed by atoms with Gasteiger partial charge >= 0.3 is 0 Å². The summed E-state index contributed by atoms with van der Waals surface area (Å²) in [5.74, 6) is 0. The summed E-state index contributed by atoms with van der Waals surface area (Å²) in [6, 6.07) is 9.62. The molecule has 1 aliphatic carbocycles. The van der Waals surface area contributed by atoms with E-state index in [1.807, 2.05) is 12.1 Å². The number of benzene rings is 1. The highest BCUT2D eigenvalue weighted by molar-refractivity contribution is 6.33. The van der Waals surface area contributed by atoms with Crippen LogP contribution in [0.1, 0.15) is 25.7 Å². The average Bonchev–Trinajstić information content (AvgIpc) is 3.14. The van der Waals surface area contributed by atoms with Crippen molar-refractivity contribution in [2.24, 2.45) is 0 Å². The first kappa shape index (κ1) is 11.4. The quantitative estimate of drug-likeness (QED) is 0.887. The molecule has 0 bridgehead atoms. The van der Waals surface area contributed by atoms with Gasteiger partial charge in [0.15, 0.2) is 0 Å². The van der Waals surface area contributed by atoms with Crippen molar-refractivity contribution in [1.29, 1.82) is 0 Å². The van der Waals surface area contributed by atoms with Gasteiger partial charge in [-0.1, -0.05) is 23.7 Å². The fourth-order valence-electron chi connectivity index (χ4n) is 2.62. The molecule has 0 amide bonds. The molecule has 1 saturated heterocycles. The van der Waals surface area contributed by atoms with Crippen LogP contribution in [0.2, 0.25) is 5.02 Å². The number of hydrogen-bond acceptors (Lipinski definition) is 2. The van der Waals surface area contributed by atoms with E-state index in [9.17, 15) is 0 Å². The molecule has 2 nitrogen and oxygen atoms in total. The monoisotopic (exact) mass is 250 g/mol.